The maximum absolute atomic E-state index is 2.40. The normalized spacial score (nSPS) is 11.5. The van der Waals surface area contributed by atoms with E-state index in [1.165, 1.54) is 69.7 Å². The molecule has 1 heterocycles. The summed E-state index contributed by atoms with van der Waals surface area (Å²) in [6, 6.07) is 64.0. The second-order valence-corrected chi connectivity index (χ2v) is 12.9. The number of hydrogen-bond donors (Lipinski definition) is 0. The molecule has 0 saturated heterocycles. The van der Waals surface area contributed by atoms with Gasteiger partial charge in [0.2, 0.25) is 0 Å². The molecular formula is C44H29NS. The molecule has 46 heavy (non-hydrogen) atoms. The summed E-state index contributed by atoms with van der Waals surface area (Å²) in [5, 5.41) is 7.59. The van der Waals surface area contributed by atoms with Crippen LogP contribution < -0.4 is 4.90 Å². The van der Waals surface area contributed by atoms with Crippen molar-refractivity contribution in [3.8, 4) is 22.3 Å². The first-order valence-corrected chi connectivity index (χ1v) is 16.5. The summed E-state index contributed by atoms with van der Waals surface area (Å²) in [6.45, 7) is 0. The van der Waals surface area contributed by atoms with Crippen molar-refractivity contribution in [2.75, 3.05) is 4.90 Å². The summed E-state index contributed by atoms with van der Waals surface area (Å²) in [4.78, 5) is 2.40. The van der Waals surface area contributed by atoms with E-state index in [0.29, 0.717) is 0 Å². The van der Waals surface area contributed by atoms with Gasteiger partial charge in [0.05, 0.1) is 5.69 Å². The zero-order valence-electron chi connectivity index (χ0n) is 25.1. The van der Waals surface area contributed by atoms with Crippen molar-refractivity contribution in [1.82, 2.24) is 0 Å². The van der Waals surface area contributed by atoms with Crippen molar-refractivity contribution in [1.29, 1.82) is 0 Å². The van der Waals surface area contributed by atoms with Gasteiger partial charge in [0.15, 0.2) is 0 Å². The zero-order valence-corrected chi connectivity index (χ0v) is 25.9. The lowest BCUT2D eigenvalue weighted by Gasteiger charge is -2.26. The quantitative estimate of drug-likeness (QED) is 0.189. The van der Waals surface area contributed by atoms with Gasteiger partial charge >= 0.3 is 0 Å². The predicted octanol–water partition coefficient (Wildman–Crippen LogP) is 13.2. The molecule has 8 aromatic carbocycles. The highest BCUT2D eigenvalue weighted by molar-refractivity contribution is 7.26. The molecule has 0 amide bonds. The van der Waals surface area contributed by atoms with Gasteiger partial charge in [-0.15, -0.1) is 11.3 Å². The fourth-order valence-corrected chi connectivity index (χ4v) is 7.94. The van der Waals surface area contributed by atoms with Crippen LogP contribution in [0.15, 0.2) is 176 Å². The third-order valence-corrected chi connectivity index (χ3v) is 10.2. The monoisotopic (exact) mass is 603 g/mol. The summed E-state index contributed by atoms with van der Waals surface area (Å²) in [5.74, 6) is 0. The van der Waals surface area contributed by atoms with Gasteiger partial charge in [-0.2, -0.15) is 0 Å². The van der Waals surface area contributed by atoms with Crippen LogP contribution in [0.25, 0.3) is 64.0 Å². The fourth-order valence-electron chi connectivity index (χ4n) is 6.81. The molecule has 2 heteroatoms. The van der Waals surface area contributed by atoms with E-state index in [0.717, 1.165) is 11.4 Å². The molecule has 0 spiro atoms. The summed E-state index contributed by atoms with van der Waals surface area (Å²) in [6.07, 6.45) is 0. The molecule has 0 aliphatic carbocycles. The highest BCUT2D eigenvalue weighted by atomic mass is 32.1. The Kier molecular flexibility index (Phi) is 6.40. The number of fused-ring (bicyclic) bond motifs is 5. The molecule has 0 atom stereocenters. The van der Waals surface area contributed by atoms with E-state index in [4.69, 9.17) is 0 Å². The van der Waals surface area contributed by atoms with Crippen LogP contribution in [0.5, 0.6) is 0 Å². The van der Waals surface area contributed by atoms with Crippen LogP contribution in [0.4, 0.5) is 17.1 Å². The second-order valence-electron chi connectivity index (χ2n) is 11.8. The van der Waals surface area contributed by atoms with E-state index in [2.05, 4.69) is 181 Å². The molecule has 216 valence electrons. The van der Waals surface area contributed by atoms with E-state index in [1.54, 1.807) is 0 Å². The Labute approximate surface area is 272 Å². The lowest BCUT2D eigenvalue weighted by molar-refractivity contribution is 1.30. The number of nitrogens with zero attached hydrogens (tertiary/aromatic N) is 1. The zero-order chi connectivity index (χ0) is 30.5. The van der Waals surface area contributed by atoms with Crippen LogP contribution in [0.1, 0.15) is 0 Å². The summed E-state index contributed by atoms with van der Waals surface area (Å²) in [7, 11) is 0. The van der Waals surface area contributed by atoms with Crippen molar-refractivity contribution in [2.45, 2.75) is 0 Å². The van der Waals surface area contributed by atoms with Gasteiger partial charge in [-0.3, -0.25) is 0 Å². The molecule has 0 fully saturated rings. The number of anilines is 3. The van der Waals surface area contributed by atoms with Crippen LogP contribution in [0, 0.1) is 0 Å². The number of benzene rings is 8. The van der Waals surface area contributed by atoms with Crippen molar-refractivity contribution in [2.24, 2.45) is 0 Å². The Morgan fingerprint density at radius 3 is 1.70 bits per heavy atom. The van der Waals surface area contributed by atoms with Crippen molar-refractivity contribution >= 4 is 70.1 Å². The summed E-state index contributed by atoms with van der Waals surface area (Å²) in [5.41, 5.74) is 8.36. The molecule has 0 saturated carbocycles. The third kappa shape index (κ3) is 4.54. The SMILES string of the molecule is c1ccc(N(c2ccc(-c3cc4ccccc4cc3-c3ccc4ccccc4c3)cc2)c2cccc3sc4ccccc4c23)cc1. The number of para-hydroxylation sites is 1. The van der Waals surface area contributed by atoms with Gasteiger partial charge in [-0.1, -0.05) is 115 Å². The molecule has 0 aliphatic heterocycles. The van der Waals surface area contributed by atoms with E-state index in [-0.39, 0.29) is 0 Å². The van der Waals surface area contributed by atoms with E-state index >= 15 is 0 Å². The molecule has 0 unspecified atom stereocenters. The van der Waals surface area contributed by atoms with Crippen LogP contribution >= 0.6 is 11.3 Å². The third-order valence-electron chi connectivity index (χ3n) is 9.02. The van der Waals surface area contributed by atoms with Crippen LogP contribution in [-0.4, -0.2) is 0 Å². The number of rotatable bonds is 5. The molecule has 9 rings (SSSR count). The van der Waals surface area contributed by atoms with Crippen LogP contribution in [0.2, 0.25) is 0 Å². The Morgan fingerprint density at radius 2 is 0.935 bits per heavy atom. The minimum atomic E-state index is 1.13. The van der Waals surface area contributed by atoms with E-state index in [1.807, 2.05) is 11.3 Å². The summed E-state index contributed by atoms with van der Waals surface area (Å²) >= 11 is 1.86. The maximum Gasteiger partial charge on any atom is 0.0554 e. The molecule has 1 aromatic heterocycles. The first kappa shape index (κ1) is 26.7. The largest absolute Gasteiger partial charge is 0.310 e. The number of thiophene rings is 1. The van der Waals surface area contributed by atoms with Gasteiger partial charge in [-0.25, -0.2) is 0 Å². The Morgan fingerprint density at radius 1 is 0.370 bits per heavy atom. The molecule has 0 radical (unpaired) electrons. The first-order valence-electron chi connectivity index (χ1n) is 15.7. The van der Waals surface area contributed by atoms with Gasteiger partial charge < -0.3 is 4.90 Å². The first-order chi connectivity index (χ1) is 22.8. The molecule has 0 N–H and O–H groups in total. The van der Waals surface area contributed by atoms with Gasteiger partial charge in [0.1, 0.15) is 0 Å². The minimum Gasteiger partial charge on any atom is -0.310 e. The Hall–Kier alpha value is -5.70. The van der Waals surface area contributed by atoms with Gasteiger partial charge in [0, 0.05) is 31.5 Å². The van der Waals surface area contributed by atoms with E-state index < -0.39 is 0 Å². The average molecular weight is 604 g/mol. The van der Waals surface area contributed by atoms with Crippen LogP contribution in [-0.2, 0) is 0 Å². The molecule has 0 bridgehead atoms. The average Bonchev–Trinajstić information content (AvgIpc) is 3.51. The van der Waals surface area contributed by atoms with E-state index in [9.17, 15) is 0 Å². The van der Waals surface area contributed by atoms with Crippen LogP contribution in [0.3, 0.4) is 0 Å². The maximum atomic E-state index is 2.40. The highest BCUT2D eigenvalue weighted by Crippen LogP contribution is 2.45. The van der Waals surface area contributed by atoms with Gasteiger partial charge in [-0.05, 0) is 104 Å². The lowest BCUT2D eigenvalue weighted by atomic mass is 9.90. The summed E-state index contributed by atoms with van der Waals surface area (Å²) < 4.78 is 2.61. The molecule has 1 nitrogen and oxygen atoms in total. The van der Waals surface area contributed by atoms with Crippen molar-refractivity contribution in [3.63, 3.8) is 0 Å². The fraction of sp³-hybridized carbons (Fsp3) is 0. The van der Waals surface area contributed by atoms with Gasteiger partial charge in [0.25, 0.3) is 0 Å². The standard InChI is InChI=1S/C44H29NS/c1-2-15-36(16-3-1)45(41-18-10-20-43-44(41)38-17-8-9-19-42(38)46-43)37-25-23-31(24-26-37)39-28-33-13-6-7-14-34(33)29-40(39)35-22-21-30-11-4-5-12-32(30)27-35/h1-29H. The highest BCUT2D eigenvalue weighted by Gasteiger charge is 2.19. The minimum absolute atomic E-state index is 1.13. The van der Waals surface area contributed by atoms with Crippen molar-refractivity contribution in [3.05, 3.63) is 176 Å². The lowest BCUT2D eigenvalue weighted by Crippen LogP contribution is -2.10. The predicted molar refractivity (Wildman–Crippen MR) is 200 cm³/mol. The molecular weight excluding hydrogens is 575 g/mol. The molecule has 9 aromatic rings. The second kappa shape index (κ2) is 11.0. The Bertz CT molecular complexity index is 2530. The number of hydrogen-bond acceptors (Lipinski definition) is 2. The topological polar surface area (TPSA) is 3.24 Å². The van der Waals surface area contributed by atoms with Crippen molar-refractivity contribution < 1.29 is 0 Å². The molecule has 0 aliphatic rings. The Balaban J connectivity index is 1.21. The smallest absolute Gasteiger partial charge is 0.0554 e.